The number of aliphatic hydroxyl groups is 1. The van der Waals surface area contributed by atoms with Crippen molar-refractivity contribution in [2.24, 2.45) is 0 Å². The fourth-order valence-electron chi connectivity index (χ4n) is 2.39. The first-order chi connectivity index (χ1) is 12.3. The van der Waals surface area contributed by atoms with Crippen LogP contribution in [0.5, 0.6) is 6.01 Å². The van der Waals surface area contributed by atoms with Crippen LogP contribution in [0.1, 0.15) is 23.5 Å². The first-order valence-electron chi connectivity index (χ1n) is 7.65. The predicted molar refractivity (Wildman–Crippen MR) is 104 cm³/mol. The molecule has 0 aliphatic heterocycles. The zero-order valence-electron chi connectivity index (χ0n) is 13.9. The van der Waals surface area contributed by atoms with Gasteiger partial charge in [-0.3, -0.25) is 4.79 Å². The van der Waals surface area contributed by atoms with Crippen LogP contribution in [0, 0.1) is 0 Å². The number of fused-ring (bicyclic) bond motifs is 1. The van der Waals surface area contributed by atoms with Crippen LogP contribution in [0.15, 0.2) is 18.2 Å². The van der Waals surface area contributed by atoms with E-state index in [-0.39, 0.29) is 18.4 Å². The van der Waals surface area contributed by atoms with E-state index >= 15 is 0 Å². The van der Waals surface area contributed by atoms with Crippen LogP contribution in [0.4, 0.5) is 5.69 Å². The summed E-state index contributed by atoms with van der Waals surface area (Å²) in [4.78, 5) is 21.6. The topological polar surface area (TPSA) is 98.3 Å². The number of halogens is 2. The number of hydrogen-bond acceptors (Lipinski definition) is 7. The van der Waals surface area contributed by atoms with Crippen molar-refractivity contribution < 1.29 is 14.6 Å². The number of Topliss-reactive ketones (excluding diaryl/α,β-unsaturated/α-hetero) is 1. The van der Waals surface area contributed by atoms with Crippen LogP contribution >= 0.6 is 34.5 Å². The van der Waals surface area contributed by atoms with Gasteiger partial charge in [0.1, 0.15) is 10.9 Å². The maximum absolute atomic E-state index is 11.9. The Morgan fingerprint density at radius 2 is 2.08 bits per heavy atom. The summed E-state index contributed by atoms with van der Waals surface area (Å²) in [6.45, 7) is 2.95. The first-order valence-corrected chi connectivity index (χ1v) is 9.23. The minimum atomic E-state index is -0.487. The van der Waals surface area contributed by atoms with E-state index in [2.05, 4.69) is 9.97 Å². The van der Waals surface area contributed by atoms with Crippen molar-refractivity contribution in [2.75, 3.05) is 12.3 Å². The third-order valence-corrected chi connectivity index (χ3v) is 5.58. The number of thiophene rings is 1. The molecular formula is C17H15Cl2N3O3S. The van der Waals surface area contributed by atoms with Gasteiger partial charge in [-0.15, -0.1) is 11.3 Å². The molecule has 0 aliphatic rings. The number of nitrogens with two attached hydrogens (primary N) is 1. The normalized spacial score (nSPS) is 12.3. The van der Waals surface area contributed by atoms with E-state index in [0.29, 0.717) is 42.1 Å². The van der Waals surface area contributed by atoms with Gasteiger partial charge in [0.05, 0.1) is 38.3 Å². The maximum Gasteiger partial charge on any atom is 0.318 e. The van der Waals surface area contributed by atoms with Gasteiger partial charge in [0.25, 0.3) is 0 Å². The van der Waals surface area contributed by atoms with Gasteiger partial charge < -0.3 is 15.6 Å². The lowest BCUT2D eigenvalue weighted by molar-refractivity contribution is 0.102. The predicted octanol–water partition coefficient (Wildman–Crippen LogP) is 4.21. The van der Waals surface area contributed by atoms with Crippen molar-refractivity contribution in [1.82, 2.24) is 9.97 Å². The molecule has 6 nitrogen and oxygen atoms in total. The van der Waals surface area contributed by atoms with E-state index in [1.165, 1.54) is 18.3 Å². The van der Waals surface area contributed by atoms with E-state index in [1.54, 1.807) is 25.1 Å². The highest BCUT2D eigenvalue weighted by Gasteiger charge is 2.21. The van der Waals surface area contributed by atoms with Crippen molar-refractivity contribution in [2.45, 2.75) is 20.0 Å². The summed E-state index contributed by atoms with van der Waals surface area (Å²) < 4.78 is 5.55. The van der Waals surface area contributed by atoms with Gasteiger partial charge in [-0.2, -0.15) is 9.97 Å². The summed E-state index contributed by atoms with van der Waals surface area (Å²) >= 11 is 13.3. The quantitative estimate of drug-likeness (QED) is 0.610. The third kappa shape index (κ3) is 3.48. The van der Waals surface area contributed by atoms with Crippen molar-refractivity contribution >= 4 is 56.2 Å². The number of rotatable bonds is 5. The highest BCUT2D eigenvalue weighted by molar-refractivity contribution is 7.21. The minimum Gasteiger partial charge on any atom is -0.458 e. The van der Waals surface area contributed by atoms with Gasteiger partial charge in [0.2, 0.25) is 0 Å². The minimum absolute atomic E-state index is 0.0801. The van der Waals surface area contributed by atoms with Crippen LogP contribution in [0.25, 0.3) is 21.5 Å². The highest BCUT2D eigenvalue weighted by atomic mass is 35.5. The second-order valence-corrected chi connectivity index (χ2v) is 7.49. The average molecular weight is 412 g/mol. The number of ketones is 1. The Morgan fingerprint density at radius 1 is 1.35 bits per heavy atom. The van der Waals surface area contributed by atoms with E-state index in [1.807, 2.05) is 0 Å². The summed E-state index contributed by atoms with van der Waals surface area (Å²) in [6, 6.07) is 5.14. The van der Waals surface area contributed by atoms with Crippen LogP contribution in [-0.4, -0.2) is 33.6 Å². The molecule has 3 aromatic rings. The van der Waals surface area contributed by atoms with Gasteiger partial charge >= 0.3 is 6.01 Å². The van der Waals surface area contributed by atoms with Crippen LogP contribution in [0.3, 0.4) is 0 Å². The van der Waals surface area contributed by atoms with E-state index in [9.17, 15) is 9.90 Å². The molecule has 0 radical (unpaired) electrons. The first kappa shape index (κ1) is 18.8. The number of ether oxygens (including phenoxy) is 1. The largest absolute Gasteiger partial charge is 0.458 e. The number of benzene rings is 1. The zero-order chi connectivity index (χ0) is 19.0. The fraction of sp³-hybridized carbons (Fsp3) is 0.235. The number of nitrogen functional groups attached to an aromatic ring is 1. The number of carbonyl (C=O) groups is 1. The number of carbonyl (C=O) groups excluding carboxylic acids is 1. The molecule has 0 unspecified atom stereocenters. The summed E-state index contributed by atoms with van der Waals surface area (Å²) in [5.74, 6) is -0.156. The average Bonchev–Trinajstić information content (AvgIpc) is 2.93. The molecule has 0 spiro atoms. The Balaban J connectivity index is 2.29. The molecule has 0 saturated heterocycles. The smallest absolute Gasteiger partial charge is 0.318 e. The molecule has 2 aromatic heterocycles. The lowest BCUT2D eigenvalue weighted by Gasteiger charge is -2.12. The number of aliphatic hydroxyl groups excluding tert-OH is 1. The van der Waals surface area contributed by atoms with Gasteiger partial charge in [-0.25, -0.2) is 0 Å². The van der Waals surface area contributed by atoms with Crippen LogP contribution in [-0.2, 0) is 0 Å². The third-order valence-electron chi connectivity index (χ3n) is 3.64. The Labute approximate surface area is 163 Å². The summed E-state index contributed by atoms with van der Waals surface area (Å²) in [5.41, 5.74) is 7.65. The van der Waals surface area contributed by atoms with Crippen molar-refractivity contribution in [1.29, 1.82) is 0 Å². The lowest BCUT2D eigenvalue weighted by atomic mass is 10.1. The lowest BCUT2D eigenvalue weighted by Crippen LogP contribution is -2.17. The number of aromatic nitrogens is 2. The Morgan fingerprint density at radius 3 is 2.69 bits per heavy atom. The van der Waals surface area contributed by atoms with E-state index in [4.69, 9.17) is 33.7 Å². The van der Waals surface area contributed by atoms with Crippen LogP contribution in [0.2, 0.25) is 10.0 Å². The second kappa shape index (κ2) is 7.36. The standard InChI is InChI=1S/C17H15Cl2N3O3S/c1-7(6-23)25-17-21-14(9-3-4-10(18)11(19)5-9)12-13(20)15(8(2)24)26-16(12)22-17/h3-5,7,23H,6,20H2,1-2H3/t7-/m0/s1. The van der Waals surface area contributed by atoms with E-state index < -0.39 is 6.10 Å². The maximum atomic E-state index is 11.9. The zero-order valence-corrected chi connectivity index (χ0v) is 16.2. The number of anilines is 1. The fourth-order valence-corrected chi connectivity index (χ4v) is 3.67. The molecule has 2 heterocycles. The monoisotopic (exact) mass is 411 g/mol. The summed E-state index contributed by atoms with van der Waals surface area (Å²) in [6.07, 6.45) is -0.487. The molecule has 0 bridgehead atoms. The molecule has 0 fully saturated rings. The molecule has 9 heteroatoms. The van der Waals surface area contributed by atoms with Crippen molar-refractivity contribution in [3.8, 4) is 17.3 Å². The number of nitrogens with zero attached hydrogens (tertiary/aromatic N) is 2. The van der Waals surface area contributed by atoms with E-state index in [0.717, 1.165) is 0 Å². The molecule has 3 N–H and O–H groups in total. The second-order valence-electron chi connectivity index (χ2n) is 5.68. The molecule has 0 aliphatic carbocycles. The van der Waals surface area contributed by atoms with Gasteiger partial charge in [-0.05, 0) is 19.1 Å². The molecule has 1 aromatic carbocycles. The SMILES string of the molecule is CC(=O)c1sc2nc(O[C@@H](C)CO)nc(-c3ccc(Cl)c(Cl)c3)c2c1N. The highest BCUT2D eigenvalue weighted by Crippen LogP contribution is 2.40. The molecule has 0 amide bonds. The molecule has 26 heavy (non-hydrogen) atoms. The molecule has 136 valence electrons. The summed E-state index contributed by atoms with van der Waals surface area (Å²) in [5, 5.41) is 10.5. The number of hydrogen-bond donors (Lipinski definition) is 2. The molecule has 1 atom stereocenters. The Hall–Kier alpha value is -1.93. The van der Waals surface area contributed by atoms with Gasteiger partial charge in [-0.1, -0.05) is 29.3 Å². The molecule has 0 saturated carbocycles. The van der Waals surface area contributed by atoms with Gasteiger partial charge in [0.15, 0.2) is 5.78 Å². The Kier molecular flexibility index (Phi) is 5.34. The van der Waals surface area contributed by atoms with Crippen molar-refractivity contribution in [3.63, 3.8) is 0 Å². The van der Waals surface area contributed by atoms with Gasteiger partial charge in [0, 0.05) is 12.5 Å². The summed E-state index contributed by atoms with van der Waals surface area (Å²) in [7, 11) is 0. The molecular weight excluding hydrogens is 397 g/mol. The van der Waals surface area contributed by atoms with Crippen molar-refractivity contribution in [3.05, 3.63) is 33.1 Å². The Bertz CT molecular complexity index is 1010. The van der Waals surface area contributed by atoms with Crippen LogP contribution < -0.4 is 10.5 Å². The molecule has 3 rings (SSSR count).